The van der Waals surface area contributed by atoms with E-state index in [1.165, 1.54) is 40.6 Å². The van der Waals surface area contributed by atoms with Crippen molar-refractivity contribution in [3.63, 3.8) is 0 Å². The summed E-state index contributed by atoms with van der Waals surface area (Å²) in [4.78, 5) is 6.35. The van der Waals surface area contributed by atoms with E-state index in [-0.39, 0.29) is 5.54 Å². The quantitative estimate of drug-likeness (QED) is 0.882. The smallest absolute Gasteiger partial charge is 0.106 e. The SMILES string of the molecule is CCc1nc(C2CCCCS2)sc1CNC(C)(C)C. The Hall–Kier alpha value is -0.0600. The van der Waals surface area contributed by atoms with Crippen molar-refractivity contribution < 1.29 is 0 Å². The summed E-state index contributed by atoms with van der Waals surface area (Å²) in [5, 5.41) is 5.62. The number of nitrogens with one attached hydrogen (secondary N) is 1. The molecule has 0 aliphatic carbocycles. The van der Waals surface area contributed by atoms with Crippen LogP contribution in [0.2, 0.25) is 0 Å². The fourth-order valence-electron chi connectivity index (χ4n) is 2.24. The van der Waals surface area contributed by atoms with Crippen molar-refractivity contribution in [1.29, 1.82) is 0 Å². The highest BCUT2D eigenvalue weighted by Crippen LogP contribution is 2.40. The molecule has 1 aromatic heterocycles. The lowest BCUT2D eigenvalue weighted by Crippen LogP contribution is -2.35. The highest BCUT2D eigenvalue weighted by atomic mass is 32.2. The van der Waals surface area contributed by atoms with Gasteiger partial charge in [0.1, 0.15) is 5.01 Å². The molecule has 1 saturated heterocycles. The van der Waals surface area contributed by atoms with E-state index in [1.807, 2.05) is 11.3 Å². The minimum Gasteiger partial charge on any atom is -0.307 e. The standard InChI is InChI=1S/C15H26N2S2/c1-5-11-13(10-16-15(2,3)4)19-14(17-11)12-8-6-7-9-18-12/h12,16H,5-10H2,1-4H3. The maximum absolute atomic E-state index is 4.91. The second kappa shape index (κ2) is 6.59. The first kappa shape index (κ1) is 15.3. The summed E-state index contributed by atoms with van der Waals surface area (Å²) in [5.41, 5.74) is 1.48. The highest BCUT2D eigenvalue weighted by Gasteiger charge is 2.22. The van der Waals surface area contributed by atoms with E-state index in [0.29, 0.717) is 5.25 Å². The molecule has 4 heteroatoms. The summed E-state index contributed by atoms with van der Waals surface area (Å²) in [6.07, 6.45) is 5.11. The topological polar surface area (TPSA) is 24.9 Å². The minimum absolute atomic E-state index is 0.175. The fourth-order valence-corrected chi connectivity index (χ4v) is 4.88. The van der Waals surface area contributed by atoms with Gasteiger partial charge in [-0.1, -0.05) is 13.3 Å². The van der Waals surface area contributed by atoms with Gasteiger partial charge in [-0.2, -0.15) is 11.8 Å². The normalized spacial score (nSPS) is 20.7. The molecule has 1 aliphatic heterocycles. The lowest BCUT2D eigenvalue weighted by molar-refractivity contribution is 0.425. The van der Waals surface area contributed by atoms with Crippen LogP contribution in [0.1, 0.15) is 67.8 Å². The van der Waals surface area contributed by atoms with Gasteiger partial charge in [0.25, 0.3) is 0 Å². The lowest BCUT2D eigenvalue weighted by Gasteiger charge is -2.20. The first-order valence-corrected chi connectivity index (χ1v) is 9.21. The molecule has 1 fully saturated rings. The number of thioether (sulfide) groups is 1. The van der Waals surface area contributed by atoms with Crippen molar-refractivity contribution in [2.75, 3.05) is 5.75 Å². The van der Waals surface area contributed by atoms with Crippen LogP contribution in [0.15, 0.2) is 0 Å². The molecular formula is C15H26N2S2. The third-order valence-corrected chi connectivity index (χ3v) is 6.11. The van der Waals surface area contributed by atoms with E-state index in [1.54, 1.807) is 0 Å². The Labute approximate surface area is 125 Å². The minimum atomic E-state index is 0.175. The molecule has 0 amide bonds. The monoisotopic (exact) mass is 298 g/mol. The van der Waals surface area contributed by atoms with Gasteiger partial charge in [0.05, 0.1) is 10.9 Å². The van der Waals surface area contributed by atoms with Gasteiger partial charge >= 0.3 is 0 Å². The van der Waals surface area contributed by atoms with Gasteiger partial charge in [-0.15, -0.1) is 11.3 Å². The van der Waals surface area contributed by atoms with E-state index in [9.17, 15) is 0 Å². The highest BCUT2D eigenvalue weighted by molar-refractivity contribution is 7.99. The molecule has 0 radical (unpaired) electrons. The van der Waals surface area contributed by atoms with Crippen LogP contribution in [-0.2, 0) is 13.0 Å². The number of rotatable bonds is 4. The van der Waals surface area contributed by atoms with Gasteiger partial charge in [0, 0.05) is 17.0 Å². The van der Waals surface area contributed by atoms with Gasteiger partial charge < -0.3 is 5.32 Å². The number of hydrogen-bond acceptors (Lipinski definition) is 4. The van der Waals surface area contributed by atoms with Crippen molar-refractivity contribution >= 4 is 23.1 Å². The Morgan fingerprint density at radius 1 is 1.32 bits per heavy atom. The van der Waals surface area contributed by atoms with Crippen molar-refractivity contribution in [3.05, 3.63) is 15.6 Å². The number of aryl methyl sites for hydroxylation is 1. The lowest BCUT2D eigenvalue weighted by atomic mass is 10.1. The van der Waals surface area contributed by atoms with Crippen LogP contribution in [0.25, 0.3) is 0 Å². The molecule has 2 heterocycles. The molecule has 1 N–H and O–H groups in total. The van der Waals surface area contributed by atoms with Gasteiger partial charge in [0.15, 0.2) is 0 Å². The number of aromatic nitrogens is 1. The molecule has 0 spiro atoms. The summed E-state index contributed by atoms with van der Waals surface area (Å²) < 4.78 is 0. The van der Waals surface area contributed by atoms with Crippen LogP contribution in [-0.4, -0.2) is 16.3 Å². The van der Waals surface area contributed by atoms with Crippen LogP contribution < -0.4 is 5.32 Å². The Bertz CT molecular complexity index is 401. The average Bonchev–Trinajstić information content (AvgIpc) is 2.80. The first-order chi connectivity index (χ1) is 8.99. The molecule has 1 atom stereocenters. The van der Waals surface area contributed by atoms with E-state index >= 15 is 0 Å². The molecular weight excluding hydrogens is 272 g/mol. The van der Waals surface area contributed by atoms with Crippen molar-refractivity contribution in [2.45, 2.75) is 70.7 Å². The maximum Gasteiger partial charge on any atom is 0.106 e. The van der Waals surface area contributed by atoms with Crippen molar-refractivity contribution in [2.24, 2.45) is 0 Å². The fraction of sp³-hybridized carbons (Fsp3) is 0.800. The summed E-state index contributed by atoms with van der Waals surface area (Å²) >= 11 is 4.04. The summed E-state index contributed by atoms with van der Waals surface area (Å²) in [6, 6.07) is 0. The molecule has 19 heavy (non-hydrogen) atoms. The molecule has 108 valence electrons. The van der Waals surface area contributed by atoms with Crippen LogP contribution in [0, 0.1) is 0 Å². The zero-order valence-corrected chi connectivity index (χ0v) is 14.2. The Morgan fingerprint density at radius 3 is 2.68 bits per heavy atom. The van der Waals surface area contributed by atoms with E-state index in [2.05, 4.69) is 44.8 Å². The van der Waals surface area contributed by atoms with Crippen molar-refractivity contribution in [1.82, 2.24) is 10.3 Å². The van der Waals surface area contributed by atoms with Gasteiger partial charge in [0.2, 0.25) is 0 Å². The van der Waals surface area contributed by atoms with E-state index < -0.39 is 0 Å². The molecule has 1 aliphatic rings. The third kappa shape index (κ3) is 4.47. The maximum atomic E-state index is 4.91. The largest absolute Gasteiger partial charge is 0.307 e. The number of thiazole rings is 1. The van der Waals surface area contributed by atoms with Crippen LogP contribution in [0.3, 0.4) is 0 Å². The Kier molecular flexibility index (Phi) is 5.32. The summed E-state index contributed by atoms with van der Waals surface area (Å²) in [5.74, 6) is 1.31. The Morgan fingerprint density at radius 2 is 2.11 bits per heavy atom. The molecule has 0 aromatic carbocycles. The third-order valence-electron chi connectivity index (χ3n) is 3.36. The molecule has 0 saturated carbocycles. The zero-order chi connectivity index (χ0) is 13.9. The number of nitrogens with zero attached hydrogens (tertiary/aromatic N) is 1. The van der Waals surface area contributed by atoms with Crippen LogP contribution in [0.4, 0.5) is 0 Å². The Balaban J connectivity index is 2.07. The predicted octanol–water partition coefficient (Wildman–Crippen LogP) is 4.55. The molecule has 2 nitrogen and oxygen atoms in total. The van der Waals surface area contributed by atoms with Crippen molar-refractivity contribution in [3.8, 4) is 0 Å². The molecule has 1 unspecified atom stereocenters. The average molecular weight is 299 g/mol. The van der Waals surface area contributed by atoms with Gasteiger partial charge in [-0.3, -0.25) is 0 Å². The number of hydrogen-bond donors (Lipinski definition) is 1. The zero-order valence-electron chi connectivity index (χ0n) is 12.6. The van der Waals surface area contributed by atoms with Gasteiger partial charge in [-0.05, 0) is 45.8 Å². The van der Waals surface area contributed by atoms with Crippen LogP contribution >= 0.6 is 23.1 Å². The molecule has 1 aromatic rings. The second-order valence-corrected chi connectivity index (χ2v) is 8.66. The summed E-state index contributed by atoms with van der Waals surface area (Å²) in [7, 11) is 0. The summed E-state index contributed by atoms with van der Waals surface area (Å²) in [6.45, 7) is 9.84. The van der Waals surface area contributed by atoms with E-state index in [0.717, 1.165) is 13.0 Å². The molecule has 2 rings (SSSR count). The first-order valence-electron chi connectivity index (χ1n) is 7.34. The second-order valence-electron chi connectivity index (χ2n) is 6.23. The van der Waals surface area contributed by atoms with Crippen LogP contribution in [0.5, 0.6) is 0 Å². The molecule has 0 bridgehead atoms. The predicted molar refractivity (Wildman–Crippen MR) is 87.1 cm³/mol. The van der Waals surface area contributed by atoms with Gasteiger partial charge in [-0.25, -0.2) is 4.98 Å². The van der Waals surface area contributed by atoms with E-state index in [4.69, 9.17) is 4.98 Å².